The molecule has 14 heavy (non-hydrogen) atoms. The number of anilines is 1. The third kappa shape index (κ3) is 3.33. The Morgan fingerprint density at radius 1 is 1.64 bits per heavy atom. The third-order valence-electron chi connectivity index (χ3n) is 1.76. The molecule has 0 aliphatic heterocycles. The lowest BCUT2D eigenvalue weighted by atomic mass is 10.4. The molecule has 1 N–H and O–H groups in total. The first-order valence-electron chi connectivity index (χ1n) is 4.14. The Hall–Kier alpha value is -1.10. The number of pyridine rings is 1. The van der Waals surface area contributed by atoms with Gasteiger partial charge in [0.15, 0.2) is 0 Å². The summed E-state index contributed by atoms with van der Waals surface area (Å²) in [6.45, 7) is 0.462. The number of halogens is 1. The summed E-state index contributed by atoms with van der Waals surface area (Å²) in [4.78, 5) is 16.3. The van der Waals surface area contributed by atoms with Crippen LogP contribution in [0.1, 0.15) is 6.42 Å². The van der Waals surface area contributed by atoms with Crippen LogP contribution in [0.15, 0.2) is 22.8 Å². The van der Waals surface area contributed by atoms with Gasteiger partial charge < -0.3 is 10.0 Å². The SMILES string of the molecule is CN(CCC(=O)O)c1ccc(Br)cn1. The van der Waals surface area contributed by atoms with Crippen molar-refractivity contribution in [2.75, 3.05) is 18.5 Å². The zero-order chi connectivity index (χ0) is 10.6. The van der Waals surface area contributed by atoms with Crippen LogP contribution >= 0.6 is 15.9 Å². The monoisotopic (exact) mass is 258 g/mol. The van der Waals surface area contributed by atoms with Crippen LogP contribution < -0.4 is 4.90 Å². The fraction of sp³-hybridized carbons (Fsp3) is 0.333. The molecule has 1 heterocycles. The summed E-state index contributed by atoms with van der Waals surface area (Å²) in [6.07, 6.45) is 1.81. The lowest BCUT2D eigenvalue weighted by molar-refractivity contribution is -0.136. The predicted octanol–water partition coefficient (Wildman–Crippen LogP) is 1.75. The van der Waals surface area contributed by atoms with Crippen molar-refractivity contribution in [3.8, 4) is 0 Å². The van der Waals surface area contributed by atoms with Crippen molar-refractivity contribution in [1.82, 2.24) is 4.98 Å². The second-order valence-corrected chi connectivity index (χ2v) is 3.82. The molecule has 0 saturated heterocycles. The van der Waals surface area contributed by atoms with E-state index in [2.05, 4.69) is 20.9 Å². The number of hydrogen-bond acceptors (Lipinski definition) is 3. The molecule has 0 unspecified atom stereocenters. The Morgan fingerprint density at radius 3 is 2.86 bits per heavy atom. The molecule has 4 nitrogen and oxygen atoms in total. The lowest BCUT2D eigenvalue weighted by Gasteiger charge is -2.16. The molecular formula is C9H11BrN2O2. The highest BCUT2D eigenvalue weighted by atomic mass is 79.9. The van der Waals surface area contributed by atoms with Gasteiger partial charge >= 0.3 is 5.97 Å². The fourth-order valence-corrected chi connectivity index (χ4v) is 1.21. The van der Waals surface area contributed by atoms with Gasteiger partial charge in [0, 0.05) is 24.3 Å². The summed E-state index contributed by atoms with van der Waals surface area (Å²) in [6, 6.07) is 3.71. The van der Waals surface area contributed by atoms with Crippen molar-refractivity contribution in [3.63, 3.8) is 0 Å². The van der Waals surface area contributed by atoms with E-state index in [9.17, 15) is 4.79 Å². The summed E-state index contributed by atoms with van der Waals surface area (Å²) < 4.78 is 0.910. The van der Waals surface area contributed by atoms with E-state index in [0.717, 1.165) is 10.3 Å². The van der Waals surface area contributed by atoms with E-state index in [0.29, 0.717) is 6.54 Å². The van der Waals surface area contributed by atoms with Crippen LogP contribution in [0.3, 0.4) is 0 Å². The Morgan fingerprint density at radius 2 is 2.36 bits per heavy atom. The zero-order valence-electron chi connectivity index (χ0n) is 7.77. The first kappa shape index (κ1) is 11.0. The van der Waals surface area contributed by atoms with Gasteiger partial charge in [0.2, 0.25) is 0 Å². The molecule has 0 saturated carbocycles. The van der Waals surface area contributed by atoms with Crippen molar-refractivity contribution in [1.29, 1.82) is 0 Å². The van der Waals surface area contributed by atoms with Crippen LogP contribution in [0.5, 0.6) is 0 Å². The van der Waals surface area contributed by atoms with Crippen LogP contribution in [-0.2, 0) is 4.79 Å². The molecule has 0 aliphatic rings. The third-order valence-corrected chi connectivity index (χ3v) is 2.23. The molecule has 0 amide bonds. The average molecular weight is 259 g/mol. The number of aliphatic carboxylic acids is 1. The number of nitrogens with zero attached hydrogens (tertiary/aromatic N) is 2. The predicted molar refractivity (Wildman–Crippen MR) is 57.5 cm³/mol. The Kier molecular flexibility index (Phi) is 3.88. The molecule has 0 aromatic carbocycles. The first-order chi connectivity index (χ1) is 6.59. The van der Waals surface area contributed by atoms with Crippen molar-refractivity contribution in [2.24, 2.45) is 0 Å². The minimum atomic E-state index is -0.797. The van der Waals surface area contributed by atoms with E-state index in [4.69, 9.17) is 5.11 Å². The highest BCUT2D eigenvalue weighted by Gasteiger charge is 2.04. The maximum atomic E-state index is 10.3. The number of hydrogen-bond donors (Lipinski definition) is 1. The molecule has 1 aromatic heterocycles. The van der Waals surface area contributed by atoms with Crippen molar-refractivity contribution < 1.29 is 9.90 Å². The number of carbonyl (C=O) groups is 1. The number of carboxylic acid groups (broad SMARTS) is 1. The average Bonchev–Trinajstić information content (AvgIpc) is 2.15. The van der Waals surface area contributed by atoms with Gasteiger partial charge in [0.25, 0.3) is 0 Å². The van der Waals surface area contributed by atoms with Crippen molar-refractivity contribution in [2.45, 2.75) is 6.42 Å². The van der Waals surface area contributed by atoms with Gasteiger partial charge in [0.1, 0.15) is 5.82 Å². The standard InChI is InChI=1S/C9H11BrN2O2/c1-12(5-4-9(13)14)8-3-2-7(10)6-11-8/h2-3,6H,4-5H2,1H3,(H,13,14). The quantitative estimate of drug-likeness (QED) is 0.895. The molecule has 76 valence electrons. The van der Waals surface area contributed by atoms with Gasteiger partial charge in [-0.25, -0.2) is 4.98 Å². The number of carboxylic acids is 1. The van der Waals surface area contributed by atoms with E-state index >= 15 is 0 Å². The molecule has 0 radical (unpaired) electrons. The van der Waals surface area contributed by atoms with Crippen LogP contribution in [0, 0.1) is 0 Å². The van der Waals surface area contributed by atoms with Crippen LogP contribution in [0.25, 0.3) is 0 Å². The van der Waals surface area contributed by atoms with E-state index < -0.39 is 5.97 Å². The molecule has 0 spiro atoms. The van der Waals surface area contributed by atoms with Gasteiger partial charge in [0.05, 0.1) is 6.42 Å². The zero-order valence-corrected chi connectivity index (χ0v) is 9.36. The lowest BCUT2D eigenvalue weighted by Crippen LogP contribution is -2.21. The van der Waals surface area contributed by atoms with Gasteiger partial charge in [-0.05, 0) is 28.1 Å². The molecule has 1 aromatic rings. The minimum absolute atomic E-state index is 0.119. The highest BCUT2D eigenvalue weighted by Crippen LogP contribution is 2.13. The van der Waals surface area contributed by atoms with Gasteiger partial charge in [-0.2, -0.15) is 0 Å². The van der Waals surface area contributed by atoms with Crippen LogP contribution in [0.2, 0.25) is 0 Å². The van der Waals surface area contributed by atoms with E-state index in [1.165, 1.54) is 0 Å². The van der Waals surface area contributed by atoms with Crippen molar-refractivity contribution in [3.05, 3.63) is 22.8 Å². The highest BCUT2D eigenvalue weighted by molar-refractivity contribution is 9.10. The molecule has 5 heteroatoms. The molecular weight excluding hydrogens is 248 g/mol. The Bertz CT molecular complexity index is 313. The molecule has 1 rings (SSSR count). The van der Waals surface area contributed by atoms with E-state index in [1.807, 2.05) is 19.2 Å². The van der Waals surface area contributed by atoms with Gasteiger partial charge in [-0.1, -0.05) is 0 Å². The summed E-state index contributed by atoms with van der Waals surface area (Å²) in [5.41, 5.74) is 0. The summed E-state index contributed by atoms with van der Waals surface area (Å²) in [5.74, 6) is -0.0246. The minimum Gasteiger partial charge on any atom is -0.481 e. The maximum Gasteiger partial charge on any atom is 0.305 e. The van der Waals surface area contributed by atoms with Crippen LogP contribution in [0.4, 0.5) is 5.82 Å². The van der Waals surface area contributed by atoms with Crippen molar-refractivity contribution >= 4 is 27.7 Å². The summed E-state index contributed by atoms with van der Waals surface area (Å²) in [5, 5.41) is 8.50. The van der Waals surface area contributed by atoms with E-state index in [-0.39, 0.29) is 6.42 Å². The fourth-order valence-electron chi connectivity index (χ4n) is 0.972. The first-order valence-corrected chi connectivity index (χ1v) is 4.93. The molecule has 0 aliphatic carbocycles. The second-order valence-electron chi connectivity index (χ2n) is 2.90. The topological polar surface area (TPSA) is 53.4 Å². The van der Waals surface area contributed by atoms with Crippen LogP contribution in [-0.4, -0.2) is 29.7 Å². The number of rotatable bonds is 4. The van der Waals surface area contributed by atoms with Gasteiger partial charge in [-0.3, -0.25) is 4.79 Å². The number of aromatic nitrogens is 1. The Balaban J connectivity index is 2.56. The normalized spacial score (nSPS) is 9.86. The summed E-state index contributed by atoms with van der Waals surface area (Å²) >= 11 is 3.28. The van der Waals surface area contributed by atoms with Gasteiger partial charge in [-0.15, -0.1) is 0 Å². The maximum absolute atomic E-state index is 10.3. The molecule has 0 fully saturated rings. The molecule has 0 atom stereocenters. The summed E-state index contributed by atoms with van der Waals surface area (Å²) in [7, 11) is 1.82. The molecule has 0 bridgehead atoms. The smallest absolute Gasteiger partial charge is 0.305 e. The largest absolute Gasteiger partial charge is 0.481 e. The van der Waals surface area contributed by atoms with E-state index in [1.54, 1.807) is 11.1 Å². The second kappa shape index (κ2) is 4.95. The Labute approximate surface area is 90.7 Å².